The Morgan fingerprint density at radius 1 is 1.33 bits per heavy atom. The van der Waals surface area contributed by atoms with Gasteiger partial charge >= 0.3 is 0 Å². The third kappa shape index (κ3) is 0.514. The highest BCUT2D eigenvalue weighted by atomic mass is 19.1. The molecule has 0 saturated heterocycles. The highest BCUT2D eigenvalue weighted by Crippen LogP contribution is 2.05. The molecule has 0 nitrogen and oxygen atoms in total. The summed E-state index contributed by atoms with van der Waals surface area (Å²) in [6.45, 7) is 0. The molecule has 0 saturated carbocycles. The molecule has 32 valence electrons. The van der Waals surface area contributed by atoms with Gasteiger partial charge in [0, 0.05) is 12.8 Å². The van der Waals surface area contributed by atoms with Crippen LogP contribution in [0, 0.1) is 11.8 Å². The molecule has 0 atom stereocenters. The van der Waals surface area contributed by atoms with Crippen LogP contribution in [0.1, 0.15) is 12.8 Å². The third-order valence-electron chi connectivity index (χ3n) is 0.772. The first-order chi connectivity index (χ1) is 2.89. The van der Waals surface area contributed by atoms with E-state index in [1.165, 1.54) is 0 Å². The van der Waals surface area contributed by atoms with E-state index in [4.69, 9.17) is 0 Å². The van der Waals surface area contributed by atoms with Gasteiger partial charge in [-0.3, -0.25) is 0 Å². The molecule has 0 spiro atoms. The van der Waals surface area contributed by atoms with E-state index in [1.807, 2.05) is 0 Å². The van der Waals surface area contributed by atoms with Crippen LogP contribution in [0.3, 0.4) is 0 Å². The summed E-state index contributed by atoms with van der Waals surface area (Å²) in [7, 11) is 0. The quantitative estimate of drug-likeness (QED) is 0.386. The second-order valence-corrected chi connectivity index (χ2v) is 1.36. The van der Waals surface area contributed by atoms with Crippen molar-refractivity contribution < 1.29 is 4.39 Å². The summed E-state index contributed by atoms with van der Waals surface area (Å²) in [5.74, 6) is 5.29. The normalized spacial score (nSPS) is 20.2. The van der Waals surface area contributed by atoms with E-state index in [9.17, 15) is 4.39 Å². The van der Waals surface area contributed by atoms with Crippen LogP contribution < -0.4 is 0 Å². The molecule has 1 rings (SSSR count). The van der Waals surface area contributed by atoms with Gasteiger partial charge < -0.3 is 0 Å². The average Bonchev–Trinajstić information content (AvgIpc) is 1.86. The lowest BCUT2D eigenvalue weighted by Gasteiger charge is -1.86. The zero-order valence-corrected chi connectivity index (χ0v) is 3.37. The Bertz CT molecular complexity index is 86.2. The zero-order valence-electron chi connectivity index (χ0n) is 3.37. The molecule has 0 amide bonds. The second kappa shape index (κ2) is 1.30. The van der Waals surface area contributed by atoms with Crippen LogP contribution in [0.4, 0.5) is 4.39 Å². The van der Waals surface area contributed by atoms with Gasteiger partial charge in [-0.15, -0.1) is 11.8 Å². The molecule has 0 aromatic carbocycles. The lowest BCUT2D eigenvalue weighted by atomic mass is 10.3. The number of halogens is 1. The minimum Gasteiger partial charge on any atom is -0.245 e. The maximum Gasteiger partial charge on any atom is 0.122 e. The molecule has 0 N–H and O–H groups in total. The molecular weight excluding hydrogens is 79.1 g/mol. The molecule has 0 fully saturated rings. The Morgan fingerprint density at radius 3 is 2.00 bits per heavy atom. The fraction of sp³-hybridized carbons (Fsp3) is 0.600. The summed E-state index contributed by atoms with van der Waals surface area (Å²) in [6, 6.07) is 0. The third-order valence-corrected chi connectivity index (χ3v) is 0.772. The van der Waals surface area contributed by atoms with Crippen molar-refractivity contribution in [1.82, 2.24) is 0 Å². The van der Waals surface area contributed by atoms with Gasteiger partial charge in [-0.25, -0.2) is 4.39 Å². The van der Waals surface area contributed by atoms with Crippen molar-refractivity contribution >= 4 is 0 Å². The van der Waals surface area contributed by atoms with Gasteiger partial charge in [-0.1, -0.05) is 0 Å². The number of rotatable bonds is 0. The maximum absolute atomic E-state index is 11.8. The summed E-state index contributed by atoms with van der Waals surface area (Å²) in [6.07, 6.45) is 0.241. The topological polar surface area (TPSA) is 0 Å². The van der Waals surface area contributed by atoms with Crippen molar-refractivity contribution in [3.05, 3.63) is 0 Å². The van der Waals surface area contributed by atoms with Crippen molar-refractivity contribution in [1.29, 1.82) is 0 Å². The van der Waals surface area contributed by atoms with E-state index in [1.54, 1.807) is 0 Å². The first-order valence-corrected chi connectivity index (χ1v) is 1.99. The van der Waals surface area contributed by atoms with Crippen LogP contribution in [-0.2, 0) is 0 Å². The Morgan fingerprint density at radius 2 is 1.83 bits per heavy atom. The predicted octanol–water partition coefficient (Wildman–Crippen LogP) is 1.12. The lowest BCUT2D eigenvalue weighted by Crippen LogP contribution is -1.88. The number of hydrogen-bond acceptors (Lipinski definition) is 0. The molecule has 0 radical (unpaired) electrons. The van der Waals surface area contributed by atoms with Crippen LogP contribution in [0.5, 0.6) is 0 Å². The van der Waals surface area contributed by atoms with Gasteiger partial charge in [-0.05, 0) is 0 Å². The molecule has 0 aliphatic heterocycles. The summed E-state index contributed by atoms with van der Waals surface area (Å²) in [5.41, 5.74) is 0. The monoisotopic (exact) mass is 84.0 g/mol. The van der Waals surface area contributed by atoms with Gasteiger partial charge in [-0.2, -0.15) is 0 Å². The van der Waals surface area contributed by atoms with Crippen molar-refractivity contribution in [2.75, 3.05) is 0 Å². The Hall–Kier alpha value is -0.510. The summed E-state index contributed by atoms with van der Waals surface area (Å²) in [5, 5.41) is 0. The highest BCUT2D eigenvalue weighted by molar-refractivity contribution is 5.08. The van der Waals surface area contributed by atoms with Crippen molar-refractivity contribution in [2.45, 2.75) is 19.0 Å². The summed E-state index contributed by atoms with van der Waals surface area (Å²) >= 11 is 0. The molecule has 1 aliphatic rings. The first-order valence-electron chi connectivity index (χ1n) is 1.99. The molecule has 0 aromatic rings. The second-order valence-electron chi connectivity index (χ2n) is 1.36. The minimum absolute atomic E-state index is 0.458. The van der Waals surface area contributed by atoms with E-state index in [-0.39, 0.29) is 0 Å². The van der Waals surface area contributed by atoms with Crippen molar-refractivity contribution in [3.8, 4) is 11.8 Å². The predicted molar refractivity (Wildman–Crippen MR) is 21.9 cm³/mol. The zero-order chi connectivity index (χ0) is 4.41. The fourth-order valence-corrected chi connectivity index (χ4v) is 0.438. The van der Waals surface area contributed by atoms with Gasteiger partial charge in [0.2, 0.25) is 0 Å². The van der Waals surface area contributed by atoms with Crippen molar-refractivity contribution in [2.24, 2.45) is 0 Å². The standard InChI is InChI=1S/C5H5F/c6-5-3-1-2-4-5/h5H,3-4H2. The van der Waals surface area contributed by atoms with Crippen LogP contribution >= 0.6 is 0 Å². The smallest absolute Gasteiger partial charge is 0.122 e. The van der Waals surface area contributed by atoms with Gasteiger partial charge in [0.25, 0.3) is 0 Å². The lowest BCUT2D eigenvalue weighted by molar-refractivity contribution is 0.355. The molecule has 0 unspecified atom stereocenters. The molecule has 0 aromatic heterocycles. The first kappa shape index (κ1) is 3.67. The Balaban J connectivity index is 2.37. The van der Waals surface area contributed by atoms with E-state index in [2.05, 4.69) is 11.8 Å². The Kier molecular flexibility index (Phi) is 0.795. The Labute approximate surface area is 36.4 Å². The summed E-state index contributed by atoms with van der Waals surface area (Å²) < 4.78 is 11.8. The van der Waals surface area contributed by atoms with Crippen LogP contribution in [0.15, 0.2) is 0 Å². The highest BCUT2D eigenvalue weighted by Gasteiger charge is 2.04. The van der Waals surface area contributed by atoms with Gasteiger partial charge in [0.1, 0.15) is 6.17 Å². The molecule has 0 bridgehead atoms. The molecule has 6 heavy (non-hydrogen) atoms. The van der Waals surface area contributed by atoms with E-state index >= 15 is 0 Å². The van der Waals surface area contributed by atoms with E-state index in [0.29, 0.717) is 12.8 Å². The average molecular weight is 84.1 g/mol. The van der Waals surface area contributed by atoms with Crippen molar-refractivity contribution in [3.63, 3.8) is 0 Å². The molecular formula is C5H5F. The fourth-order valence-electron chi connectivity index (χ4n) is 0.438. The van der Waals surface area contributed by atoms with Crippen LogP contribution in [0.25, 0.3) is 0 Å². The SMILES string of the molecule is FC1CC#CC1. The molecule has 0 heterocycles. The largest absolute Gasteiger partial charge is 0.245 e. The van der Waals surface area contributed by atoms with Gasteiger partial charge in [0.15, 0.2) is 0 Å². The number of hydrogen-bond donors (Lipinski definition) is 0. The van der Waals surface area contributed by atoms with Crippen LogP contribution in [0.2, 0.25) is 0 Å². The number of alkyl halides is 1. The minimum atomic E-state index is -0.676. The maximum atomic E-state index is 11.8. The summed E-state index contributed by atoms with van der Waals surface area (Å²) in [4.78, 5) is 0. The van der Waals surface area contributed by atoms with E-state index < -0.39 is 6.17 Å². The van der Waals surface area contributed by atoms with Gasteiger partial charge in [0.05, 0.1) is 0 Å². The van der Waals surface area contributed by atoms with E-state index in [0.717, 1.165) is 0 Å². The molecule has 1 aliphatic carbocycles. The molecule has 1 heteroatoms. The van der Waals surface area contributed by atoms with Crippen LogP contribution in [-0.4, -0.2) is 6.17 Å².